The SMILES string of the molecule is CC(C)[C@@H](CO)NC(=O)C1CCCC1N. The summed E-state index contributed by atoms with van der Waals surface area (Å²) in [6.45, 7) is 3.96. The van der Waals surface area contributed by atoms with Gasteiger partial charge in [-0.25, -0.2) is 0 Å². The predicted molar refractivity (Wildman–Crippen MR) is 59.2 cm³/mol. The molecular weight excluding hydrogens is 192 g/mol. The van der Waals surface area contributed by atoms with E-state index >= 15 is 0 Å². The van der Waals surface area contributed by atoms with E-state index in [4.69, 9.17) is 10.8 Å². The first-order valence-electron chi connectivity index (χ1n) is 5.73. The van der Waals surface area contributed by atoms with Crippen LogP contribution in [0.5, 0.6) is 0 Å². The van der Waals surface area contributed by atoms with Gasteiger partial charge < -0.3 is 16.2 Å². The van der Waals surface area contributed by atoms with Crippen molar-refractivity contribution < 1.29 is 9.90 Å². The number of aliphatic hydroxyl groups is 1. The summed E-state index contributed by atoms with van der Waals surface area (Å²) in [5.41, 5.74) is 5.85. The van der Waals surface area contributed by atoms with Crippen molar-refractivity contribution >= 4 is 5.91 Å². The first-order chi connectivity index (χ1) is 7.06. The molecule has 4 heteroatoms. The van der Waals surface area contributed by atoms with Crippen LogP contribution in [0.25, 0.3) is 0 Å². The van der Waals surface area contributed by atoms with Crippen LogP contribution in [0, 0.1) is 11.8 Å². The number of nitrogens with two attached hydrogens (primary N) is 1. The molecule has 3 atom stereocenters. The highest BCUT2D eigenvalue weighted by atomic mass is 16.3. The fourth-order valence-corrected chi connectivity index (χ4v) is 2.03. The van der Waals surface area contributed by atoms with Crippen LogP contribution in [0.4, 0.5) is 0 Å². The minimum Gasteiger partial charge on any atom is -0.394 e. The Labute approximate surface area is 91.2 Å². The highest BCUT2D eigenvalue weighted by Crippen LogP contribution is 2.24. The van der Waals surface area contributed by atoms with Gasteiger partial charge in [-0.1, -0.05) is 20.3 Å². The number of hydrogen-bond acceptors (Lipinski definition) is 3. The van der Waals surface area contributed by atoms with Crippen molar-refractivity contribution in [3.8, 4) is 0 Å². The highest BCUT2D eigenvalue weighted by Gasteiger charge is 2.31. The lowest BCUT2D eigenvalue weighted by Gasteiger charge is -2.23. The number of nitrogens with one attached hydrogen (secondary N) is 1. The maximum Gasteiger partial charge on any atom is 0.224 e. The molecule has 1 rings (SSSR count). The fraction of sp³-hybridized carbons (Fsp3) is 0.909. The van der Waals surface area contributed by atoms with Crippen molar-refractivity contribution in [2.45, 2.75) is 45.2 Å². The van der Waals surface area contributed by atoms with E-state index in [1.165, 1.54) is 0 Å². The normalized spacial score (nSPS) is 28.1. The molecule has 0 radical (unpaired) electrons. The third kappa shape index (κ3) is 3.18. The molecule has 1 saturated carbocycles. The van der Waals surface area contributed by atoms with E-state index in [9.17, 15) is 4.79 Å². The topological polar surface area (TPSA) is 75.3 Å². The van der Waals surface area contributed by atoms with E-state index < -0.39 is 0 Å². The quantitative estimate of drug-likeness (QED) is 0.628. The maximum atomic E-state index is 11.8. The van der Waals surface area contributed by atoms with E-state index in [2.05, 4.69) is 5.32 Å². The fourth-order valence-electron chi connectivity index (χ4n) is 2.03. The van der Waals surface area contributed by atoms with Crippen LogP contribution >= 0.6 is 0 Å². The lowest BCUT2D eigenvalue weighted by Crippen LogP contribution is -2.46. The van der Waals surface area contributed by atoms with Gasteiger partial charge in [0.25, 0.3) is 0 Å². The van der Waals surface area contributed by atoms with Crippen molar-refractivity contribution in [3.63, 3.8) is 0 Å². The first kappa shape index (κ1) is 12.5. The van der Waals surface area contributed by atoms with Crippen molar-refractivity contribution in [1.82, 2.24) is 5.32 Å². The summed E-state index contributed by atoms with van der Waals surface area (Å²) in [4.78, 5) is 11.8. The second-order valence-corrected chi connectivity index (χ2v) is 4.74. The first-order valence-corrected chi connectivity index (χ1v) is 5.73. The van der Waals surface area contributed by atoms with E-state index in [-0.39, 0.29) is 36.4 Å². The van der Waals surface area contributed by atoms with Crippen molar-refractivity contribution in [3.05, 3.63) is 0 Å². The van der Waals surface area contributed by atoms with Gasteiger partial charge in [0, 0.05) is 6.04 Å². The molecule has 88 valence electrons. The molecule has 0 aromatic carbocycles. The van der Waals surface area contributed by atoms with Crippen molar-refractivity contribution in [2.75, 3.05) is 6.61 Å². The van der Waals surface area contributed by atoms with Gasteiger partial charge in [0.2, 0.25) is 5.91 Å². The van der Waals surface area contributed by atoms with Crippen LogP contribution in [0.15, 0.2) is 0 Å². The van der Waals surface area contributed by atoms with Gasteiger partial charge in [0.1, 0.15) is 0 Å². The molecule has 0 aliphatic heterocycles. The Kier molecular flexibility index (Phi) is 4.54. The zero-order chi connectivity index (χ0) is 11.4. The number of hydrogen-bond donors (Lipinski definition) is 3. The number of rotatable bonds is 4. The molecule has 0 aromatic rings. The van der Waals surface area contributed by atoms with Gasteiger partial charge in [0.15, 0.2) is 0 Å². The van der Waals surface area contributed by atoms with Crippen LogP contribution < -0.4 is 11.1 Å². The summed E-state index contributed by atoms with van der Waals surface area (Å²) in [5.74, 6) is 0.196. The Hall–Kier alpha value is -0.610. The molecule has 0 bridgehead atoms. The lowest BCUT2D eigenvalue weighted by atomic mass is 10.0. The average molecular weight is 214 g/mol. The molecule has 4 nitrogen and oxygen atoms in total. The van der Waals surface area contributed by atoms with E-state index in [1.807, 2.05) is 13.8 Å². The van der Waals surface area contributed by atoms with E-state index in [1.54, 1.807) is 0 Å². The van der Waals surface area contributed by atoms with Gasteiger partial charge >= 0.3 is 0 Å². The zero-order valence-corrected chi connectivity index (χ0v) is 9.57. The molecule has 0 heterocycles. The second kappa shape index (κ2) is 5.47. The smallest absolute Gasteiger partial charge is 0.224 e. The molecule has 0 aromatic heterocycles. The molecule has 0 spiro atoms. The van der Waals surface area contributed by atoms with Gasteiger partial charge in [-0.05, 0) is 18.8 Å². The Morgan fingerprint density at radius 3 is 2.60 bits per heavy atom. The third-order valence-electron chi connectivity index (χ3n) is 3.24. The standard InChI is InChI=1S/C11H22N2O2/c1-7(2)10(6-14)13-11(15)8-4-3-5-9(8)12/h7-10,14H,3-6,12H2,1-2H3,(H,13,15)/t8?,9?,10-/m1/s1. The number of carbonyl (C=O) groups excluding carboxylic acids is 1. The van der Waals surface area contributed by atoms with Crippen molar-refractivity contribution in [2.24, 2.45) is 17.6 Å². The lowest BCUT2D eigenvalue weighted by molar-refractivity contribution is -0.126. The Morgan fingerprint density at radius 1 is 1.53 bits per heavy atom. The Morgan fingerprint density at radius 2 is 2.20 bits per heavy atom. The molecule has 2 unspecified atom stereocenters. The molecule has 15 heavy (non-hydrogen) atoms. The van der Waals surface area contributed by atoms with Gasteiger partial charge in [-0.2, -0.15) is 0 Å². The number of aliphatic hydroxyl groups excluding tert-OH is 1. The minimum atomic E-state index is -0.148. The highest BCUT2D eigenvalue weighted by molar-refractivity contribution is 5.80. The molecule has 0 saturated heterocycles. The second-order valence-electron chi connectivity index (χ2n) is 4.74. The monoisotopic (exact) mass is 214 g/mol. The van der Waals surface area contributed by atoms with Gasteiger partial charge in [-0.3, -0.25) is 4.79 Å². The van der Waals surface area contributed by atoms with Crippen LogP contribution in [0.2, 0.25) is 0 Å². The summed E-state index contributed by atoms with van der Waals surface area (Å²) in [7, 11) is 0. The Balaban J connectivity index is 2.46. The summed E-state index contributed by atoms with van der Waals surface area (Å²) in [5, 5.41) is 12.0. The van der Waals surface area contributed by atoms with Crippen molar-refractivity contribution in [1.29, 1.82) is 0 Å². The predicted octanol–water partition coefficient (Wildman–Crippen LogP) is 0.247. The Bertz CT molecular complexity index is 219. The molecule has 1 aliphatic carbocycles. The van der Waals surface area contributed by atoms with E-state index in [0.717, 1.165) is 19.3 Å². The molecule has 1 aliphatic rings. The number of amides is 1. The molecular formula is C11H22N2O2. The minimum absolute atomic E-state index is 0.00324. The summed E-state index contributed by atoms with van der Waals surface area (Å²) in [6.07, 6.45) is 2.84. The number of carbonyl (C=O) groups is 1. The van der Waals surface area contributed by atoms with Crippen LogP contribution in [0.1, 0.15) is 33.1 Å². The van der Waals surface area contributed by atoms with Gasteiger partial charge in [0.05, 0.1) is 18.6 Å². The largest absolute Gasteiger partial charge is 0.394 e. The summed E-state index contributed by atoms with van der Waals surface area (Å²) in [6, 6.07) is -0.151. The van der Waals surface area contributed by atoms with Crippen LogP contribution in [-0.4, -0.2) is 29.7 Å². The van der Waals surface area contributed by atoms with Crippen LogP contribution in [-0.2, 0) is 4.79 Å². The maximum absolute atomic E-state index is 11.8. The zero-order valence-electron chi connectivity index (χ0n) is 9.57. The van der Waals surface area contributed by atoms with E-state index in [0.29, 0.717) is 0 Å². The molecule has 1 fully saturated rings. The molecule has 4 N–H and O–H groups in total. The third-order valence-corrected chi connectivity index (χ3v) is 3.24. The molecule has 1 amide bonds. The van der Waals surface area contributed by atoms with Crippen LogP contribution in [0.3, 0.4) is 0 Å². The van der Waals surface area contributed by atoms with Gasteiger partial charge in [-0.15, -0.1) is 0 Å². The average Bonchev–Trinajstić information content (AvgIpc) is 2.60. The summed E-state index contributed by atoms with van der Waals surface area (Å²) < 4.78 is 0. The summed E-state index contributed by atoms with van der Waals surface area (Å²) >= 11 is 0.